The van der Waals surface area contributed by atoms with Crippen LogP contribution in [0.15, 0.2) is 22.9 Å². The number of thiophene rings is 2. The van der Waals surface area contributed by atoms with Gasteiger partial charge in [-0.3, -0.25) is 0 Å². The Morgan fingerprint density at radius 1 is 1.40 bits per heavy atom. The highest BCUT2D eigenvalue weighted by molar-refractivity contribution is 7.12. The molecule has 15 heavy (non-hydrogen) atoms. The number of alkyl halides is 1. The summed E-state index contributed by atoms with van der Waals surface area (Å²) in [6.45, 7) is 4.29. The summed E-state index contributed by atoms with van der Waals surface area (Å²) in [5.41, 5.74) is 2.69. The van der Waals surface area contributed by atoms with E-state index in [9.17, 15) is 0 Å². The third-order valence-corrected chi connectivity index (χ3v) is 5.01. The molecule has 0 saturated heterocycles. The van der Waals surface area contributed by atoms with Crippen molar-refractivity contribution in [3.05, 3.63) is 43.8 Å². The molecular weight excluding hydrogens is 244 g/mol. The molecule has 2 heterocycles. The van der Waals surface area contributed by atoms with Crippen molar-refractivity contribution >= 4 is 34.3 Å². The van der Waals surface area contributed by atoms with Crippen LogP contribution in [0.5, 0.6) is 0 Å². The second-order valence-electron chi connectivity index (χ2n) is 3.69. The Morgan fingerprint density at radius 3 is 2.73 bits per heavy atom. The van der Waals surface area contributed by atoms with Crippen molar-refractivity contribution in [1.82, 2.24) is 0 Å². The van der Waals surface area contributed by atoms with Gasteiger partial charge in [-0.25, -0.2) is 0 Å². The van der Waals surface area contributed by atoms with E-state index in [4.69, 9.17) is 11.6 Å². The zero-order valence-corrected chi connectivity index (χ0v) is 11.2. The SMILES string of the molecule is Cc1cc(C(Cl)Cc2ccsc2)sc1C. The van der Waals surface area contributed by atoms with Gasteiger partial charge in [0.2, 0.25) is 0 Å². The van der Waals surface area contributed by atoms with Crippen molar-refractivity contribution in [2.75, 3.05) is 0 Å². The minimum Gasteiger partial charge on any atom is -0.152 e. The van der Waals surface area contributed by atoms with Gasteiger partial charge in [0.15, 0.2) is 0 Å². The molecule has 1 atom stereocenters. The van der Waals surface area contributed by atoms with Gasteiger partial charge >= 0.3 is 0 Å². The standard InChI is InChI=1S/C12H13ClS2/c1-8-5-12(15-9(8)2)11(13)6-10-3-4-14-7-10/h3-5,7,11H,6H2,1-2H3. The molecule has 0 amide bonds. The van der Waals surface area contributed by atoms with Gasteiger partial charge in [-0.15, -0.1) is 22.9 Å². The van der Waals surface area contributed by atoms with Gasteiger partial charge in [0.1, 0.15) is 0 Å². The number of halogens is 1. The van der Waals surface area contributed by atoms with Gasteiger partial charge in [0, 0.05) is 9.75 Å². The highest BCUT2D eigenvalue weighted by Gasteiger charge is 2.12. The molecule has 0 aliphatic rings. The topological polar surface area (TPSA) is 0 Å². The summed E-state index contributed by atoms with van der Waals surface area (Å²) >= 11 is 9.94. The number of hydrogen-bond donors (Lipinski definition) is 0. The van der Waals surface area contributed by atoms with Crippen molar-refractivity contribution in [3.8, 4) is 0 Å². The summed E-state index contributed by atoms with van der Waals surface area (Å²) in [5.74, 6) is 0. The second-order valence-corrected chi connectivity index (χ2v) is 6.29. The molecule has 0 aliphatic carbocycles. The van der Waals surface area contributed by atoms with E-state index >= 15 is 0 Å². The van der Waals surface area contributed by atoms with Crippen LogP contribution in [0.4, 0.5) is 0 Å². The maximum Gasteiger partial charge on any atom is 0.0719 e. The molecule has 0 aliphatic heterocycles. The normalized spacial score (nSPS) is 13.0. The second kappa shape index (κ2) is 4.69. The first kappa shape index (κ1) is 11.2. The molecule has 1 unspecified atom stereocenters. The van der Waals surface area contributed by atoms with Crippen LogP contribution in [0, 0.1) is 13.8 Å². The summed E-state index contributed by atoms with van der Waals surface area (Å²) < 4.78 is 0. The monoisotopic (exact) mass is 256 g/mol. The van der Waals surface area contributed by atoms with E-state index in [1.165, 1.54) is 20.9 Å². The fourth-order valence-corrected chi connectivity index (χ4v) is 3.55. The highest BCUT2D eigenvalue weighted by atomic mass is 35.5. The molecule has 0 aromatic carbocycles. The van der Waals surface area contributed by atoms with Gasteiger partial charge in [-0.1, -0.05) is 0 Å². The summed E-state index contributed by atoms with van der Waals surface area (Å²) in [6, 6.07) is 4.36. The fourth-order valence-electron chi connectivity index (χ4n) is 1.47. The van der Waals surface area contributed by atoms with Gasteiger partial charge in [-0.2, -0.15) is 11.3 Å². The maximum atomic E-state index is 6.40. The molecule has 2 rings (SSSR count). The first-order chi connectivity index (χ1) is 7.16. The Morgan fingerprint density at radius 2 is 2.20 bits per heavy atom. The summed E-state index contributed by atoms with van der Waals surface area (Å²) in [6.07, 6.45) is 0.935. The van der Waals surface area contributed by atoms with Crippen molar-refractivity contribution in [1.29, 1.82) is 0 Å². The smallest absolute Gasteiger partial charge is 0.0719 e. The lowest BCUT2D eigenvalue weighted by atomic mass is 10.1. The third-order valence-electron chi connectivity index (χ3n) is 2.49. The van der Waals surface area contributed by atoms with Crippen molar-refractivity contribution in [2.24, 2.45) is 0 Å². The van der Waals surface area contributed by atoms with Crippen LogP contribution in [0.1, 0.15) is 26.3 Å². The zero-order valence-electron chi connectivity index (χ0n) is 8.79. The molecule has 3 heteroatoms. The summed E-state index contributed by atoms with van der Waals surface area (Å²) in [7, 11) is 0. The fraction of sp³-hybridized carbons (Fsp3) is 0.333. The first-order valence-electron chi connectivity index (χ1n) is 4.89. The zero-order chi connectivity index (χ0) is 10.8. The van der Waals surface area contributed by atoms with Crippen molar-refractivity contribution < 1.29 is 0 Å². The molecule has 0 saturated carbocycles. The lowest BCUT2D eigenvalue weighted by Gasteiger charge is -2.04. The van der Waals surface area contributed by atoms with E-state index in [0.717, 1.165) is 6.42 Å². The Balaban J connectivity index is 2.11. The minimum absolute atomic E-state index is 0.122. The molecule has 0 nitrogen and oxygen atoms in total. The molecule has 80 valence electrons. The van der Waals surface area contributed by atoms with E-state index in [0.29, 0.717) is 0 Å². The van der Waals surface area contributed by atoms with Gasteiger partial charge in [-0.05, 0) is 54.3 Å². The van der Waals surface area contributed by atoms with Crippen molar-refractivity contribution in [2.45, 2.75) is 25.6 Å². The molecule has 0 fully saturated rings. The molecule has 0 bridgehead atoms. The summed E-state index contributed by atoms with van der Waals surface area (Å²) in [5, 5.41) is 4.39. The van der Waals surface area contributed by atoms with Gasteiger partial charge in [0.05, 0.1) is 5.38 Å². The third kappa shape index (κ3) is 2.63. The minimum atomic E-state index is 0.122. The van der Waals surface area contributed by atoms with Crippen LogP contribution < -0.4 is 0 Å². The van der Waals surface area contributed by atoms with Gasteiger partial charge in [0.25, 0.3) is 0 Å². The molecule has 2 aromatic rings. The maximum absolute atomic E-state index is 6.40. The summed E-state index contributed by atoms with van der Waals surface area (Å²) in [4.78, 5) is 2.67. The van der Waals surface area contributed by atoms with Crippen LogP contribution in [0.3, 0.4) is 0 Å². The Bertz CT molecular complexity index is 409. The van der Waals surface area contributed by atoms with Crippen LogP contribution >= 0.6 is 34.3 Å². The van der Waals surface area contributed by atoms with E-state index < -0.39 is 0 Å². The lowest BCUT2D eigenvalue weighted by molar-refractivity contribution is 0.944. The first-order valence-corrected chi connectivity index (χ1v) is 7.08. The Kier molecular flexibility index (Phi) is 3.49. The number of hydrogen-bond acceptors (Lipinski definition) is 2. The molecule has 0 N–H and O–H groups in total. The van der Waals surface area contributed by atoms with Gasteiger partial charge < -0.3 is 0 Å². The Labute approximate surface area is 104 Å². The van der Waals surface area contributed by atoms with Crippen LogP contribution in [-0.2, 0) is 6.42 Å². The molecule has 2 aromatic heterocycles. The average molecular weight is 257 g/mol. The van der Waals surface area contributed by atoms with Crippen LogP contribution in [0.25, 0.3) is 0 Å². The van der Waals surface area contributed by atoms with Crippen molar-refractivity contribution in [3.63, 3.8) is 0 Å². The van der Waals surface area contributed by atoms with E-state index in [-0.39, 0.29) is 5.38 Å². The molecule has 0 radical (unpaired) electrons. The van der Waals surface area contributed by atoms with E-state index in [2.05, 4.69) is 36.7 Å². The van der Waals surface area contributed by atoms with Crippen LogP contribution in [0.2, 0.25) is 0 Å². The predicted octanol–water partition coefficient (Wildman–Crippen LogP) is 4.95. The Hall–Kier alpha value is -0.310. The van der Waals surface area contributed by atoms with E-state index in [1.807, 2.05) is 11.3 Å². The molecular formula is C12H13ClS2. The van der Waals surface area contributed by atoms with Crippen LogP contribution in [-0.4, -0.2) is 0 Å². The highest BCUT2D eigenvalue weighted by Crippen LogP contribution is 2.33. The number of rotatable bonds is 3. The predicted molar refractivity (Wildman–Crippen MR) is 70.4 cm³/mol. The largest absolute Gasteiger partial charge is 0.152 e. The number of aryl methyl sites for hydroxylation is 2. The lowest BCUT2D eigenvalue weighted by Crippen LogP contribution is -1.91. The molecule has 0 spiro atoms. The quantitative estimate of drug-likeness (QED) is 0.682. The van der Waals surface area contributed by atoms with E-state index in [1.54, 1.807) is 11.3 Å². The average Bonchev–Trinajstić information content (AvgIpc) is 2.78.